The molecular weight excluding hydrogens is 390 g/mol. The van der Waals surface area contributed by atoms with E-state index in [1.807, 2.05) is 33.4 Å². The molecule has 1 fully saturated rings. The van der Waals surface area contributed by atoms with Gasteiger partial charge in [0.05, 0.1) is 17.1 Å². The first-order valence-electron chi connectivity index (χ1n) is 11.4. The number of hydrogen-bond acceptors (Lipinski definition) is 5. The highest BCUT2D eigenvalue weighted by atomic mass is 16.1. The fraction of sp³-hybridized carbons (Fsp3) is 0.478. The van der Waals surface area contributed by atoms with Crippen molar-refractivity contribution in [3.05, 3.63) is 46.4 Å². The number of rotatable bonds is 5. The molecule has 0 bridgehead atoms. The molecule has 160 valence electrons. The lowest BCUT2D eigenvalue weighted by molar-refractivity contribution is 0.556. The molecule has 3 aliphatic heterocycles. The van der Waals surface area contributed by atoms with Gasteiger partial charge in [-0.05, 0) is 31.4 Å². The molecule has 0 amide bonds. The van der Waals surface area contributed by atoms with Crippen LogP contribution in [0.5, 0.6) is 0 Å². The van der Waals surface area contributed by atoms with E-state index in [9.17, 15) is 4.79 Å². The zero-order valence-electron chi connectivity index (χ0n) is 17.8. The Morgan fingerprint density at radius 2 is 1.97 bits per heavy atom. The van der Waals surface area contributed by atoms with Crippen LogP contribution in [0, 0.1) is 0 Å². The van der Waals surface area contributed by atoms with Crippen LogP contribution in [0.4, 0.5) is 5.82 Å². The lowest BCUT2D eigenvalue weighted by atomic mass is 10.1. The third-order valence-corrected chi connectivity index (χ3v) is 6.66. The van der Waals surface area contributed by atoms with E-state index in [0.29, 0.717) is 25.4 Å². The fourth-order valence-electron chi connectivity index (χ4n) is 5.18. The maximum absolute atomic E-state index is 13.3. The van der Waals surface area contributed by atoms with Gasteiger partial charge in [-0.3, -0.25) is 9.13 Å². The lowest BCUT2D eigenvalue weighted by Crippen LogP contribution is -2.32. The molecule has 4 heterocycles. The van der Waals surface area contributed by atoms with Crippen LogP contribution in [0.25, 0.3) is 22.6 Å². The molecule has 1 atom stereocenters. The van der Waals surface area contributed by atoms with E-state index in [4.69, 9.17) is 15.0 Å². The summed E-state index contributed by atoms with van der Waals surface area (Å²) in [5, 5.41) is 3.57. The van der Waals surface area contributed by atoms with Crippen molar-refractivity contribution in [2.45, 2.75) is 70.5 Å². The second kappa shape index (κ2) is 7.21. The minimum absolute atomic E-state index is 0.00169. The SMILES string of the molecule is CCCn1c2nc(C3CCCC3)nc-2c2n(c1=O)CC(Cc1nc3ccccc3[nH]1)N2. The molecule has 1 aromatic heterocycles. The van der Waals surface area contributed by atoms with Crippen LogP contribution in [0.1, 0.15) is 56.6 Å². The van der Waals surface area contributed by atoms with Gasteiger partial charge in [0.15, 0.2) is 5.82 Å². The maximum atomic E-state index is 13.3. The summed E-state index contributed by atoms with van der Waals surface area (Å²) in [6.07, 6.45) is 6.37. The molecule has 8 heteroatoms. The van der Waals surface area contributed by atoms with E-state index in [1.165, 1.54) is 12.8 Å². The van der Waals surface area contributed by atoms with Crippen molar-refractivity contribution in [2.24, 2.45) is 0 Å². The summed E-state index contributed by atoms with van der Waals surface area (Å²) < 4.78 is 3.66. The number of aromatic amines is 1. The van der Waals surface area contributed by atoms with Crippen LogP contribution < -0.4 is 11.0 Å². The topological polar surface area (TPSA) is 93.4 Å². The molecular formula is C23H27N7O. The second-order valence-electron chi connectivity index (χ2n) is 8.87. The van der Waals surface area contributed by atoms with Crippen LogP contribution in [0.3, 0.4) is 0 Å². The van der Waals surface area contributed by atoms with Gasteiger partial charge in [-0.1, -0.05) is 31.9 Å². The van der Waals surface area contributed by atoms with Gasteiger partial charge in [0.2, 0.25) is 0 Å². The average Bonchev–Trinajstić information content (AvgIpc) is 3.55. The van der Waals surface area contributed by atoms with Crippen molar-refractivity contribution in [1.29, 1.82) is 0 Å². The number of nitrogens with one attached hydrogen (secondary N) is 2. The van der Waals surface area contributed by atoms with Crippen molar-refractivity contribution in [1.82, 2.24) is 29.1 Å². The minimum atomic E-state index is 0.00169. The number of anilines is 1. The molecule has 6 rings (SSSR count). The number of aromatic nitrogens is 6. The lowest BCUT2D eigenvalue weighted by Gasteiger charge is -2.13. The summed E-state index contributed by atoms with van der Waals surface area (Å²) in [6, 6.07) is 8.13. The van der Waals surface area contributed by atoms with Crippen molar-refractivity contribution in [3.63, 3.8) is 0 Å². The highest BCUT2D eigenvalue weighted by Crippen LogP contribution is 2.37. The van der Waals surface area contributed by atoms with E-state index in [0.717, 1.165) is 59.3 Å². The van der Waals surface area contributed by atoms with Crippen molar-refractivity contribution in [2.75, 3.05) is 5.32 Å². The predicted octanol–water partition coefficient (Wildman–Crippen LogP) is 3.53. The number of fused-ring (bicyclic) bond motifs is 4. The Balaban J connectivity index is 1.37. The fourth-order valence-corrected chi connectivity index (χ4v) is 5.18. The van der Waals surface area contributed by atoms with E-state index >= 15 is 0 Å². The van der Waals surface area contributed by atoms with Gasteiger partial charge >= 0.3 is 5.69 Å². The average molecular weight is 418 g/mol. The molecule has 0 spiro atoms. The largest absolute Gasteiger partial charge is 0.364 e. The molecule has 2 N–H and O–H groups in total. The highest BCUT2D eigenvalue weighted by molar-refractivity contribution is 5.75. The van der Waals surface area contributed by atoms with Gasteiger partial charge in [0, 0.05) is 25.4 Å². The standard InChI is InChI=1S/C23H27N7O/c1-2-11-29-22-19(27-20(28-22)14-7-3-4-8-14)21-24-15(13-30(21)23(29)31)12-18-25-16-9-5-6-10-17(16)26-18/h5-6,9-10,14-15,24H,2-4,7-8,11-13H2,1H3,(H,25,26). The van der Waals surface area contributed by atoms with E-state index in [1.54, 1.807) is 0 Å². The summed E-state index contributed by atoms with van der Waals surface area (Å²) >= 11 is 0. The van der Waals surface area contributed by atoms with E-state index in [2.05, 4.69) is 17.2 Å². The summed E-state index contributed by atoms with van der Waals surface area (Å²) in [5.74, 6) is 3.80. The molecule has 1 aliphatic carbocycles. The molecule has 1 unspecified atom stereocenters. The van der Waals surface area contributed by atoms with E-state index < -0.39 is 0 Å². The third-order valence-electron chi connectivity index (χ3n) is 6.66. The molecule has 1 saturated carbocycles. The zero-order valence-corrected chi connectivity index (χ0v) is 17.8. The first-order chi connectivity index (χ1) is 15.2. The zero-order chi connectivity index (χ0) is 20.9. The molecule has 31 heavy (non-hydrogen) atoms. The monoisotopic (exact) mass is 417 g/mol. The summed E-state index contributed by atoms with van der Waals surface area (Å²) in [6.45, 7) is 3.36. The number of H-pyrrole nitrogens is 1. The second-order valence-corrected chi connectivity index (χ2v) is 8.87. The van der Waals surface area contributed by atoms with Crippen molar-refractivity contribution in [3.8, 4) is 11.5 Å². The van der Waals surface area contributed by atoms with Crippen LogP contribution in [-0.4, -0.2) is 35.1 Å². The normalized spacial score (nSPS) is 18.8. The molecule has 0 radical (unpaired) electrons. The minimum Gasteiger partial charge on any atom is -0.364 e. The van der Waals surface area contributed by atoms with Crippen LogP contribution in [-0.2, 0) is 19.5 Å². The van der Waals surface area contributed by atoms with Crippen molar-refractivity contribution < 1.29 is 0 Å². The number of benzene rings is 1. The Bertz CT molecular complexity index is 1240. The first-order valence-corrected chi connectivity index (χ1v) is 11.4. The Kier molecular flexibility index (Phi) is 4.33. The van der Waals surface area contributed by atoms with Gasteiger partial charge < -0.3 is 10.3 Å². The van der Waals surface area contributed by atoms with Gasteiger partial charge in [0.25, 0.3) is 0 Å². The van der Waals surface area contributed by atoms with Crippen LogP contribution in [0.15, 0.2) is 29.1 Å². The number of hydrogen-bond donors (Lipinski definition) is 2. The Hall–Kier alpha value is -3.16. The van der Waals surface area contributed by atoms with Gasteiger partial charge in [-0.2, -0.15) is 0 Å². The molecule has 1 aromatic carbocycles. The Morgan fingerprint density at radius 3 is 2.77 bits per heavy atom. The third kappa shape index (κ3) is 3.04. The number of nitrogens with zero attached hydrogens (tertiary/aromatic N) is 5. The highest BCUT2D eigenvalue weighted by Gasteiger charge is 2.33. The summed E-state index contributed by atoms with van der Waals surface area (Å²) in [7, 11) is 0. The summed E-state index contributed by atoms with van der Waals surface area (Å²) in [4.78, 5) is 31.3. The van der Waals surface area contributed by atoms with Gasteiger partial charge in [-0.15, -0.1) is 0 Å². The molecule has 4 aliphatic rings. The Labute approximate surface area is 180 Å². The predicted molar refractivity (Wildman–Crippen MR) is 120 cm³/mol. The maximum Gasteiger partial charge on any atom is 0.331 e. The Morgan fingerprint density at radius 1 is 1.13 bits per heavy atom. The number of imidazole rings is 2. The van der Waals surface area contributed by atoms with Crippen LogP contribution >= 0.6 is 0 Å². The van der Waals surface area contributed by atoms with Gasteiger partial charge in [-0.25, -0.2) is 19.7 Å². The molecule has 2 aromatic rings. The van der Waals surface area contributed by atoms with Crippen LogP contribution in [0.2, 0.25) is 0 Å². The first kappa shape index (κ1) is 18.6. The quantitative estimate of drug-likeness (QED) is 0.518. The smallest absolute Gasteiger partial charge is 0.331 e. The summed E-state index contributed by atoms with van der Waals surface area (Å²) in [5.41, 5.74) is 2.84. The number of para-hydroxylation sites is 2. The van der Waals surface area contributed by atoms with Gasteiger partial charge in [0.1, 0.15) is 23.2 Å². The molecule has 0 saturated heterocycles. The van der Waals surface area contributed by atoms with Crippen molar-refractivity contribution >= 4 is 16.9 Å². The molecule has 8 nitrogen and oxygen atoms in total. The van der Waals surface area contributed by atoms with E-state index in [-0.39, 0.29) is 11.7 Å².